The Morgan fingerprint density at radius 3 is 0.930 bits per heavy atom. The van der Waals surface area contributed by atoms with Crippen molar-refractivity contribution in [1.82, 2.24) is 0 Å². The van der Waals surface area contributed by atoms with Crippen LogP contribution in [0, 0.1) is 0 Å². The standard InChI is InChI=1S/C51H94O6/c1-4-7-10-13-16-19-22-24-25-27-29-32-35-38-41-44-50(53)56-47-48(46-55-49(52)43-40-37-34-31-28-21-18-15-12-9-6-3)57-51(54)45-42-39-36-33-30-26-23-20-17-14-11-8-5-2/h15,18,24-25,48H,4-14,16-17,19-23,26-47H2,1-3H3/b18-15-,25-24-/t48-/m1/s1. The van der Waals surface area contributed by atoms with E-state index in [1.165, 1.54) is 154 Å². The quantitative estimate of drug-likeness (QED) is 0.0264. The molecular formula is C51H94O6. The van der Waals surface area contributed by atoms with E-state index < -0.39 is 6.10 Å². The summed E-state index contributed by atoms with van der Waals surface area (Å²) in [4.78, 5) is 37.8. The molecule has 57 heavy (non-hydrogen) atoms. The molecule has 334 valence electrons. The Morgan fingerprint density at radius 1 is 0.333 bits per heavy atom. The molecule has 0 saturated heterocycles. The Morgan fingerprint density at radius 2 is 0.596 bits per heavy atom. The number of unbranched alkanes of at least 4 members (excludes halogenated alkanes) is 30. The van der Waals surface area contributed by atoms with E-state index in [4.69, 9.17) is 14.2 Å². The van der Waals surface area contributed by atoms with E-state index >= 15 is 0 Å². The normalized spacial score (nSPS) is 12.1. The number of rotatable bonds is 45. The molecule has 0 radical (unpaired) electrons. The molecule has 0 aromatic heterocycles. The molecule has 0 aliphatic heterocycles. The van der Waals surface area contributed by atoms with Crippen LogP contribution in [-0.4, -0.2) is 37.2 Å². The fourth-order valence-electron chi connectivity index (χ4n) is 7.12. The number of hydrogen-bond acceptors (Lipinski definition) is 6. The fourth-order valence-corrected chi connectivity index (χ4v) is 7.12. The minimum absolute atomic E-state index is 0.0750. The van der Waals surface area contributed by atoms with Gasteiger partial charge in [0.25, 0.3) is 0 Å². The molecule has 0 spiro atoms. The van der Waals surface area contributed by atoms with Crippen molar-refractivity contribution in [3.63, 3.8) is 0 Å². The monoisotopic (exact) mass is 803 g/mol. The summed E-state index contributed by atoms with van der Waals surface area (Å²) in [5.74, 6) is -0.883. The second kappa shape index (κ2) is 46.6. The van der Waals surface area contributed by atoms with Crippen LogP contribution in [-0.2, 0) is 28.6 Å². The fraction of sp³-hybridized carbons (Fsp3) is 0.863. The Balaban J connectivity index is 4.35. The summed E-state index contributed by atoms with van der Waals surface area (Å²) < 4.78 is 16.7. The molecule has 6 heteroatoms. The Bertz CT molecular complexity index is 927. The van der Waals surface area contributed by atoms with E-state index in [0.29, 0.717) is 19.3 Å². The average molecular weight is 803 g/mol. The van der Waals surface area contributed by atoms with Crippen LogP contribution in [0.2, 0.25) is 0 Å². The number of carbonyl (C=O) groups is 3. The first-order valence-electron chi connectivity index (χ1n) is 24.8. The Hall–Kier alpha value is -2.11. The maximum absolute atomic E-state index is 12.7. The zero-order valence-electron chi connectivity index (χ0n) is 38.1. The van der Waals surface area contributed by atoms with E-state index in [9.17, 15) is 14.4 Å². The van der Waals surface area contributed by atoms with Gasteiger partial charge in [-0.3, -0.25) is 14.4 Å². The maximum atomic E-state index is 12.7. The molecule has 0 saturated carbocycles. The van der Waals surface area contributed by atoms with Crippen LogP contribution in [0.25, 0.3) is 0 Å². The number of carbonyl (C=O) groups excluding carboxylic acids is 3. The van der Waals surface area contributed by atoms with E-state index in [0.717, 1.165) is 70.6 Å². The van der Waals surface area contributed by atoms with E-state index in [-0.39, 0.29) is 31.1 Å². The first kappa shape index (κ1) is 54.9. The average Bonchev–Trinajstić information content (AvgIpc) is 3.21. The molecule has 0 rings (SSSR count). The molecule has 0 unspecified atom stereocenters. The molecule has 0 fully saturated rings. The predicted octanol–water partition coefficient (Wildman–Crippen LogP) is 16.0. The van der Waals surface area contributed by atoms with Crippen LogP contribution in [0.3, 0.4) is 0 Å². The largest absolute Gasteiger partial charge is 0.462 e. The van der Waals surface area contributed by atoms with Gasteiger partial charge in [0.15, 0.2) is 6.10 Å². The number of allylic oxidation sites excluding steroid dienone is 4. The zero-order chi connectivity index (χ0) is 41.5. The van der Waals surface area contributed by atoms with Crippen LogP contribution >= 0.6 is 0 Å². The van der Waals surface area contributed by atoms with Gasteiger partial charge < -0.3 is 14.2 Å². The molecular weight excluding hydrogens is 709 g/mol. The topological polar surface area (TPSA) is 78.9 Å². The second-order valence-electron chi connectivity index (χ2n) is 16.7. The van der Waals surface area contributed by atoms with Crippen LogP contribution in [0.4, 0.5) is 0 Å². The number of ether oxygens (including phenoxy) is 3. The summed E-state index contributed by atoms with van der Waals surface area (Å²) in [7, 11) is 0. The molecule has 0 bridgehead atoms. The summed E-state index contributed by atoms with van der Waals surface area (Å²) in [5, 5.41) is 0. The molecule has 1 atom stereocenters. The van der Waals surface area contributed by atoms with Gasteiger partial charge in [-0.1, -0.05) is 206 Å². The van der Waals surface area contributed by atoms with Gasteiger partial charge in [-0.25, -0.2) is 0 Å². The van der Waals surface area contributed by atoms with Gasteiger partial charge in [0, 0.05) is 19.3 Å². The molecule has 0 aliphatic rings. The molecule has 0 amide bonds. The van der Waals surface area contributed by atoms with Crippen molar-refractivity contribution in [2.75, 3.05) is 13.2 Å². The van der Waals surface area contributed by atoms with Crippen molar-refractivity contribution in [2.24, 2.45) is 0 Å². The second-order valence-corrected chi connectivity index (χ2v) is 16.7. The molecule has 0 N–H and O–H groups in total. The van der Waals surface area contributed by atoms with Gasteiger partial charge in [0.2, 0.25) is 0 Å². The van der Waals surface area contributed by atoms with Gasteiger partial charge >= 0.3 is 17.9 Å². The summed E-state index contributed by atoms with van der Waals surface area (Å²) in [6.07, 6.45) is 51.5. The number of hydrogen-bond donors (Lipinski definition) is 0. The lowest BCUT2D eigenvalue weighted by atomic mass is 10.0. The third kappa shape index (κ3) is 44.8. The zero-order valence-corrected chi connectivity index (χ0v) is 38.1. The molecule has 6 nitrogen and oxygen atoms in total. The third-order valence-corrected chi connectivity index (χ3v) is 10.9. The smallest absolute Gasteiger partial charge is 0.306 e. The lowest BCUT2D eigenvalue weighted by Crippen LogP contribution is -2.30. The minimum atomic E-state index is -0.771. The summed E-state index contributed by atoms with van der Waals surface area (Å²) in [6, 6.07) is 0. The van der Waals surface area contributed by atoms with E-state index in [1.54, 1.807) is 0 Å². The Labute approximate surface area is 353 Å². The van der Waals surface area contributed by atoms with Crippen molar-refractivity contribution in [3.8, 4) is 0 Å². The van der Waals surface area contributed by atoms with Crippen molar-refractivity contribution >= 4 is 17.9 Å². The minimum Gasteiger partial charge on any atom is -0.462 e. The lowest BCUT2D eigenvalue weighted by Gasteiger charge is -2.18. The maximum Gasteiger partial charge on any atom is 0.306 e. The van der Waals surface area contributed by atoms with Crippen molar-refractivity contribution in [1.29, 1.82) is 0 Å². The SMILES string of the molecule is CCCC/C=C\CCCCCCCC(=O)OC[C@H](COC(=O)CCCCCCC/C=C\CCCCCCCC)OC(=O)CCCCCCCCCCCCCCC. The molecule has 0 heterocycles. The van der Waals surface area contributed by atoms with Crippen LogP contribution < -0.4 is 0 Å². The van der Waals surface area contributed by atoms with Gasteiger partial charge in [-0.05, 0) is 64.2 Å². The highest BCUT2D eigenvalue weighted by Crippen LogP contribution is 2.15. The van der Waals surface area contributed by atoms with Crippen molar-refractivity contribution < 1.29 is 28.6 Å². The Kier molecular flexibility index (Phi) is 44.9. The predicted molar refractivity (Wildman–Crippen MR) is 243 cm³/mol. The van der Waals surface area contributed by atoms with Crippen LogP contribution in [0.5, 0.6) is 0 Å². The van der Waals surface area contributed by atoms with E-state index in [1.807, 2.05) is 0 Å². The van der Waals surface area contributed by atoms with Gasteiger partial charge in [-0.2, -0.15) is 0 Å². The molecule has 0 aromatic rings. The van der Waals surface area contributed by atoms with Gasteiger partial charge in [-0.15, -0.1) is 0 Å². The third-order valence-electron chi connectivity index (χ3n) is 10.9. The summed E-state index contributed by atoms with van der Waals surface area (Å²) >= 11 is 0. The van der Waals surface area contributed by atoms with Crippen LogP contribution in [0.15, 0.2) is 24.3 Å². The number of esters is 3. The lowest BCUT2D eigenvalue weighted by molar-refractivity contribution is -0.167. The summed E-state index contributed by atoms with van der Waals surface area (Å²) in [6.45, 7) is 6.59. The first-order chi connectivity index (χ1) is 28.0. The van der Waals surface area contributed by atoms with Crippen molar-refractivity contribution in [3.05, 3.63) is 24.3 Å². The highest BCUT2D eigenvalue weighted by atomic mass is 16.6. The summed E-state index contributed by atoms with van der Waals surface area (Å²) in [5.41, 5.74) is 0. The highest BCUT2D eigenvalue weighted by Gasteiger charge is 2.19. The molecule has 0 aliphatic carbocycles. The van der Waals surface area contributed by atoms with Gasteiger partial charge in [0.05, 0.1) is 0 Å². The first-order valence-corrected chi connectivity index (χ1v) is 24.8. The highest BCUT2D eigenvalue weighted by molar-refractivity contribution is 5.71. The molecule has 0 aromatic carbocycles. The van der Waals surface area contributed by atoms with Crippen molar-refractivity contribution in [2.45, 2.75) is 271 Å². The van der Waals surface area contributed by atoms with E-state index in [2.05, 4.69) is 45.1 Å². The van der Waals surface area contributed by atoms with Crippen LogP contribution in [0.1, 0.15) is 265 Å². The van der Waals surface area contributed by atoms with Gasteiger partial charge in [0.1, 0.15) is 13.2 Å².